The highest BCUT2D eigenvalue weighted by molar-refractivity contribution is 5.84. The number of carbonyl (C=O) groups is 2. The number of carboxylic acid groups (broad SMARTS) is 1. The zero-order valence-electron chi connectivity index (χ0n) is 12.8. The Labute approximate surface area is 126 Å². The highest BCUT2D eigenvalue weighted by atomic mass is 16.4. The Bertz CT molecular complexity index is 445. The second-order valence-electron chi connectivity index (χ2n) is 5.32. The molecule has 0 fully saturated rings. The molecule has 4 heteroatoms. The van der Waals surface area contributed by atoms with Gasteiger partial charge in [-0.05, 0) is 18.4 Å². The lowest BCUT2D eigenvalue weighted by Crippen LogP contribution is -2.36. The zero-order valence-corrected chi connectivity index (χ0v) is 12.8. The van der Waals surface area contributed by atoms with Gasteiger partial charge < -0.3 is 10.4 Å². The summed E-state index contributed by atoms with van der Waals surface area (Å²) in [6, 6.07) is 9.65. The number of nitrogens with one attached hydrogen (secondary N) is 1. The molecular weight excluding hydrogens is 266 g/mol. The van der Waals surface area contributed by atoms with Crippen molar-refractivity contribution >= 4 is 11.9 Å². The molecule has 4 nitrogen and oxygen atoms in total. The van der Waals surface area contributed by atoms with E-state index in [0.717, 1.165) is 24.8 Å². The van der Waals surface area contributed by atoms with E-state index in [-0.39, 0.29) is 18.4 Å². The molecule has 1 aromatic carbocycles. The van der Waals surface area contributed by atoms with Crippen molar-refractivity contribution in [3.05, 3.63) is 35.9 Å². The molecule has 0 aromatic heterocycles. The molecule has 0 aliphatic rings. The van der Waals surface area contributed by atoms with Crippen LogP contribution in [0.3, 0.4) is 0 Å². The average molecular weight is 291 g/mol. The van der Waals surface area contributed by atoms with Crippen molar-refractivity contribution in [2.45, 2.75) is 45.4 Å². The van der Waals surface area contributed by atoms with Crippen LogP contribution in [-0.4, -0.2) is 23.5 Å². The minimum Gasteiger partial charge on any atom is -0.481 e. The molecule has 2 N–H and O–H groups in total. The Balaban J connectivity index is 2.67. The van der Waals surface area contributed by atoms with E-state index in [1.165, 1.54) is 0 Å². The molecule has 21 heavy (non-hydrogen) atoms. The third-order valence-corrected chi connectivity index (χ3v) is 3.60. The first-order valence-corrected chi connectivity index (χ1v) is 7.65. The van der Waals surface area contributed by atoms with Crippen LogP contribution in [0.4, 0.5) is 0 Å². The molecule has 1 rings (SSSR count). The van der Waals surface area contributed by atoms with E-state index in [1.807, 2.05) is 44.2 Å². The van der Waals surface area contributed by atoms with Crippen LogP contribution < -0.4 is 5.32 Å². The van der Waals surface area contributed by atoms with Crippen LogP contribution in [0.1, 0.15) is 51.0 Å². The van der Waals surface area contributed by atoms with Gasteiger partial charge in [-0.25, -0.2) is 0 Å². The molecule has 0 spiro atoms. The Morgan fingerprint density at radius 1 is 1.10 bits per heavy atom. The second-order valence-corrected chi connectivity index (χ2v) is 5.32. The number of carboxylic acids is 1. The maximum atomic E-state index is 12.4. The third-order valence-electron chi connectivity index (χ3n) is 3.60. The van der Waals surface area contributed by atoms with Crippen LogP contribution in [0.15, 0.2) is 30.3 Å². The van der Waals surface area contributed by atoms with Crippen molar-refractivity contribution < 1.29 is 14.7 Å². The van der Waals surface area contributed by atoms with Gasteiger partial charge in [-0.3, -0.25) is 9.59 Å². The summed E-state index contributed by atoms with van der Waals surface area (Å²) in [7, 11) is 0. The predicted octanol–water partition coefficient (Wildman–Crippen LogP) is 3.19. The van der Waals surface area contributed by atoms with Crippen molar-refractivity contribution in [1.82, 2.24) is 5.32 Å². The standard InChI is InChI=1S/C17H25NO3/c1-3-8-14(17(20)21)12-18-16(19)15(9-4-2)13-10-6-5-7-11-13/h5-7,10-11,14-15H,3-4,8-9,12H2,1-2H3,(H,18,19)(H,20,21). The second kappa shape index (κ2) is 9.16. The maximum absolute atomic E-state index is 12.4. The van der Waals surface area contributed by atoms with Gasteiger partial charge in [0.2, 0.25) is 5.91 Å². The van der Waals surface area contributed by atoms with E-state index in [1.54, 1.807) is 0 Å². The number of hydrogen-bond donors (Lipinski definition) is 2. The van der Waals surface area contributed by atoms with Gasteiger partial charge in [-0.1, -0.05) is 57.0 Å². The molecule has 0 bridgehead atoms. The quantitative estimate of drug-likeness (QED) is 0.734. The van der Waals surface area contributed by atoms with Crippen LogP contribution in [0.5, 0.6) is 0 Å². The summed E-state index contributed by atoms with van der Waals surface area (Å²) in [4.78, 5) is 23.5. The van der Waals surface area contributed by atoms with E-state index in [2.05, 4.69) is 5.32 Å². The molecule has 0 saturated carbocycles. The summed E-state index contributed by atoms with van der Waals surface area (Å²) >= 11 is 0. The predicted molar refractivity (Wildman–Crippen MR) is 83.1 cm³/mol. The van der Waals surface area contributed by atoms with E-state index in [4.69, 9.17) is 5.11 Å². The summed E-state index contributed by atoms with van der Waals surface area (Å²) in [5.41, 5.74) is 0.985. The highest BCUT2D eigenvalue weighted by Crippen LogP contribution is 2.21. The molecule has 0 aliphatic heterocycles. The Hall–Kier alpha value is -1.84. The number of benzene rings is 1. The van der Waals surface area contributed by atoms with E-state index in [0.29, 0.717) is 6.42 Å². The van der Waals surface area contributed by atoms with E-state index < -0.39 is 11.9 Å². The summed E-state index contributed by atoms with van der Waals surface area (Å²) in [6.07, 6.45) is 3.05. The Morgan fingerprint density at radius 2 is 1.71 bits per heavy atom. The molecule has 0 aliphatic carbocycles. The van der Waals surface area contributed by atoms with Gasteiger partial charge in [-0.2, -0.15) is 0 Å². The molecule has 2 atom stereocenters. The van der Waals surface area contributed by atoms with Gasteiger partial charge >= 0.3 is 5.97 Å². The lowest BCUT2D eigenvalue weighted by Gasteiger charge is -2.18. The van der Waals surface area contributed by atoms with Gasteiger partial charge in [0.1, 0.15) is 0 Å². The number of amides is 1. The minimum absolute atomic E-state index is 0.0783. The summed E-state index contributed by atoms with van der Waals surface area (Å²) in [5, 5.41) is 11.9. The van der Waals surface area contributed by atoms with Crippen LogP contribution in [0, 0.1) is 5.92 Å². The number of carbonyl (C=O) groups excluding carboxylic acids is 1. The maximum Gasteiger partial charge on any atom is 0.308 e. The van der Waals surface area contributed by atoms with Gasteiger partial charge in [0.15, 0.2) is 0 Å². The fourth-order valence-electron chi connectivity index (χ4n) is 2.43. The summed E-state index contributed by atoms with van der Waals surface area (Å²) < 4.78 is 0. The van der Waals surface area contributed by atoms with Gasteiger partial charge in [0, 0.05) is 6.54 Å². The van der Waals surface area contributed by atoms with Crippen molar-refractivity contribution in [3.8, 4) is 0 Å². The molecular formula is C17H25NO3. The summed E-state index contributed by atoms with van der Waals surface area (Å²) in [5.74, 6) is -1.63. The lowest BCUT2D eigenvalue weighted by atomic mass is 9.93. The first-order valence-electron chi connectivity index (χ1n) is 7.65. The van der Waals surface area contributed by atoms with Gasteiger partial charge in [0.05, 0.1) is 11.8 Å². The molecule has 1 amide bonds. The molecule has 0 radical (unpaired) electrons. The van der Waals surface area contributed by atoms with Crippen LogP contribution in [-0.2, 0) is 9.59 Å². The number of aliphatic carboxylic acids is 1. The third kappa shape index (κ3) is 5.58. The zero-order chi connectivity index (χ0) is 15.7. The van der Waals surface area contributed by atoms with Crippen molar-refractivity contribution in [2.24, 2.45) is 5.92 Å². The Kier molecular flexibility index (Phi) is 7.51. The topological polar surface area (TPSA) is 66.4 Å². The molecule has 1 aromatic rings. The largest absolute Gasteiger partial charge is 0.481 e. The van der Waals surface area contributed by atoms with E-state index >= 15 is 0 Å². The highest BCUT2D eigenvalue weighted by Gasteiger charge is 2.22. The van der Waals surface area contributed by atoms with Crippen LogP contribution in [0.2, 0.25) is 0 Å². The molecule has 2 unspecified atom stereocenters. The molecule has 116 valence electrons. The molecule has 0 heterocycles. The fourth-order valence-corrected chi connectivity index (χ4v) is 2.43. The summed E-state index contributed by atoms with van der Waals surface area (Å²) in [6.45, 7) is 4.19. The number of hydrogen-bond acceptors (Lipinski definition) is 2. The first-order chi connectivity index (χ1) is 10.1. The first kappa shape index (κ1) is 17.2. The fraction of sp³-hybridized carbons (Fsp3) is 0.529. The van der Waals surface area contributed by atoms with Crippen molar-refractivity contribution in [3.63, 3.8) is 0 Å². The van der Waals surface area contributed by atoms with Gasteiger partial charge in [0.25, 0.3) is 0 Å². The van der Waals surface area contributed by atoms with Crippen molar-refractivity contribution in [2.75, 3.05) is 6.54 Å². The normalized spacial score (nSPS) is 13.4. The average Bonchev–Trinajstić information content (AvgIpc) is 2.49. The van der Waals surface area contributed by atoms with Gasteiger partial charge in [-0.15, -0.1) is 0 Å². The Morgan fingerprint density at radius 3 is 2.24 bits per heavy atom. The van der Waals surface area contributed by atoms with E-state index in [9.17, 15) is 9.59 Å². The minimum atomic E-state index is -0.844. The molecule has 0 saturated heterocycles. The van der Waals surface area contributed by atoms with Crippen LogP contribution in [0.25, 0.3) is 0 Å². The number of rotatable bonds is 9. The van der Waals surface area contributed by atoms with Crippen molar-refractivity contribution in [1.29, 1.82) is 0 Å². The lowest BCUT2D eigenvalue weighted by molar-refractivity contribution is -0.142. The SMILES string of the molecule is CCCC(CNC(=O)C(CCC)c1ccccc1)C(=O)O. The smallest absolute Gasteiger partial charge is 0.308 e. The monoisotopic (exact) mass is 291 g/mol. The van der Waals surface area contributed by atoms with Crippen LogP contribution >= 0.6 is 0 Å².